The Morgan fingerprint density at radius 3 is 2.50 bits per heavy atom. The summed E-state index contributed by atoms with van der Waals surface area (Å²) in [6.07, 6.45) is 4.96. The number of nitrogens with one attached hydrogen (secondary N) is 1. The molecular weight excluding hydrogens is 414 g/mol. The Labute approximate surface area is 175 Å². The van der Waals surface area contributed by atoms with Crippen molar-refractivity contribution in [2.24, 2.45) is 0 Å². The van der Waals surface area contributed by atoms with Gasteiger partial charge in [-0.15, -0.1) is 11.8 Å². The van der Waals surface area contributed by atoms with Crippen molar-refractivity contribution in [2.45, 2.75) is 37.2 Å². The van der Waals surface area contributed by atoms with E-state index in [1.54, 1.807) is 23.5 Å². The number of β-lactam (4-membered cyclic amide) rings is 1. The molecule has 0 saturated carbocycles. The molecule has 0 bridgehead atoms. The summed E-state index contributed by atoms with van der Waals surface area (Å²) in [4.78, 5) is 58.3. The third-order valence-electron chi connectivity index (χ3n) is 4.73. The van der Waals surface area contributed by atoms with Crippen molar-refractivity contribution in [1.29, 1.82) is 0 Å². The van der Waals surface area contributed by atoms with Gasteiger partial charge in [0.1, 0.15) is 11.4 Å². The van der Waals surface area contributed by atoms with Gasteiger partial charge in [-0.3, -0.25) is 14.4 Å². The molecule has 2 atom stereocenters. The van der Waals surface area contributed by atoms with Crippen LogP contribution < -0.4 is 9.88 Å². The van der Waals surface area contributed by atoms with Crippen LogP contribution in [0.3, 0.4) is 0 Å². The monoisotopic (exact) mass is 434 g/mol. The number of amides is 2. The molecule has 1 fully saturated rings. The number of carbonyl (C=O) groups excluding carboxylic acids is 3. The zero-order valence-corrected chi connectivity index (χ0v) is 16.6. The van der Waals surface area contributed by atoms with Gasteiger partial charge >= 0.3 is 11.9 Å². The van der Waals surface area contributed by atoms with E-state index >= 15 is 0 Å². The highest BCUT2D eigenvalue weighted by atomic mass is 32.2. The average molecular weight is 434 g/mol. The predicted octanol–water partition coefficient (Wildman–Crippen LogP) is -0.220. The van der Waals surface area contributed by atoms with Crippen molar-refractivity contribution in [2.75, 3.05) is 5.75 Å². The molecule has 2 aliphatic rings. The molecule has 1 unspecified atom stereocenters. The summed E-state index contributed by atoms with van der Waals surface area (Å²) in [5.41, 5.74) is 1.18. The Balaban J connectivity index is 1.49. The number of ketones is 1. The van der Waals surface area contributed by atoms with Crippen molar-refractivity contribution in [3.63, 3.8) is 0 Å². The highest BCUT2D eigenvalue weighted by Gasteiger charge is 2.49. The van der Waals surface area contributed by atoms with Crippen LogP contribution in [0.2, 0.25) is 0 Å². The number of carboxylic acids is 2. The number of aliphatic carboxylic acids is 1. The van der Waals surface area contributed by atoms with E-state index in [1.165, 1.54) is 23.9 Å². The lowest BCUT2D eigenvalue weighted by molar-refractivity contribution is -0.689. The van der Waals surface area contributed by atoms with Crippen LogP contribution in [0.1, 0.15) is 29.6 Å². The summed E-state index contributed by atoms with van der Waals surface area (Å²) in [5.74, 6) is -3.42. The summed E-state index contributed by atoms with van der Waals surface area (Å²) in [5, 5.41) is 19.9. The highest BCUT2D eigenvalue weighted by Crippen LogP contribution is 2.36. The van der Waals surface area contributed by atoms with Crippen LogP contribution in [-0.2, 0) is 25.7 Å². The Morgan fingerprint density at radius 1 is 1.17 bits per heavy atom. The zero-order chi connectivity index (χ0) is 21.8. The third kappa shape index (κ3) is 4.85. The van der Waals surface area contributed by atoms with E-state index in [2.05, 4.69) is 5.32 Å². The van der Waals surface area contributed by atoms with Gasteiger partial charge in [0.05, 0.1) is 5.56 Å². The van der Waals surface area contributed by atoms with E-state index in [0.29, 0.717) is 12.3 Å². The fourth-order valence-corrected chi connectivity index (χ4v) is 4.40. The molecule has 2 aliphatic heterocycles. The number of aromatic carboxylic acids is 1. The van der Waals surface area contributed by atoms with E-state index in [-0.39, 0.29) is 36.1 Å². The van der Waals surface area contributed by atoms with E-state index in [0.717, 1.165) is 5.57 Å². The topological polar surface area (TPSA) is 145 Å². The maximum absolute atomic E-state index is 12.4. The van der Waals surface area contributed by atoms with Crippen molar-refractivity contribution in [1.82, 2.24) is 10.2 Å². The minimum absolute atomic E-state index is 0.0236. The molecule has 30 heavy (non-hydrogen) atoms. The summed E-state index contributed by atoms with van der Waals surface area (Å²) in [6, 6.07) is 2.37. The molecule has 0 aromatic carbocycles. The van der Waals surface area contributed by atoms with Gasteiger partial charge in [-0.1, -0.05) is 0 Å². The van der Waals surface area contributed by atoms with Crippen LogP contribution in [0.5, 0.6) is 0 Å². The third-order valence-corrected chi connectivity index (χ3v) is 6.11. The summed E-state index contributed by atoms with van der Waals surface area (Å²) < 4.78 is 1.82. The zero-order valence-electron chi connectivity index (χ0n) is 15.8. The maximum atomic E-state index is 12.4. The molecule has 3 rings (SSSR count). The molecule has 10 nitrogen and oxygen atoms in total. The first-order valence-electron chi connectivity index (χ1n) is 9.17. The summed E-state index contributed by atoms with van der Waals surface area (Å²) in [7, 11) is 0. The van der Waals surface area contributed by atoms with Crippen molar-refractivity contribution in [3.8, 4) is 0 Å². The number of fused-ring (bicyclic) bond motifs is 1. The predicted molar refractivity (Wildman–Crippen MR) is 103 cm³/mol. The molecule has 3 N–H and O–H groups in total. The number of carboxylic acid groups (broad SMARTS) is 2. The summed E-state index contributed by atoms with van der Waals surface area (Å²) in [6.45, 7) is 0.512. The Hall–Kier alpha value is -3.21. The van der Waals surface area contributed by atoms with E-state index in [9.17, 15) is 24.0 Å². The van der Waals surface area contributed by atoms with Crippen LogP contribution in [0.15, 0.2) is 36.3 Å². The second kappa shape index (κ2) is 9.08. The number of hydrogen-bond acceptors (Lipinski definition) is 6. The number of pyridine rings is 1. The van der Waals surface area contributed by atoms with Gasteiger partial charge in [-0.25, -0.2) is 14.2 Å². The number of hydrogen-bond donors (Lipinski definition) is 3. The SMILES string of the molecule is O=C(CCCC(=O)C(=O)O)NC1C(=O)N2C=C(C[n+]3ccc(C(=O)O)cc3)CS[C@H]12. The Bertz CT molecular complexity index is 929. The Morgan fingerprint density at radius 2 is 1.87 bits per heavy atom. The molecule has 2 amide bonds. The fourth-order valence-electron chi connectivity index (χ4n) is 3.15. The number of Topliss-reactive ketones (excluding diaryl/α,β-unsaturated/α-hetero) is 1. The highest BCUT2D eigenvalue weighted by molar-refractivity contribution is 8.00. The lowest BCUT2D eigenvalue weighted by atomic mass is 10.1. The number of aromatic nitrogens is 1. The van der Waals surface area contributed by atoms with Crippen LogP contribution in [0, 0.1) is 0 Å². The minimum atomic E-state index is -1.52. The standard InChI is InChI=1S/C19H19N3O7S/c23-13(19(28)29)2-1-3-14(24)20-15-16(25)22-9-11(10-30-17(15)22)8-21-6-4-12(5-7-21)18(26)27/h4-7,9,15,17H,1-3,8,10H2,(H2-,20,24,26,27,28,29)/p+1/t15?,17-/m1/s1. The van der Waals surface area contributed by atoms with Gasteiger partial charge in [0.2, 0.25) is 11.7 Å². The average Bonchev–Trinajstić information content (AvgIpc) is 2.72. The van der Waals surface area contributed by atoms with E-state index < -0.39 is 29.7 Å². The van der Waals surface area contributed by atoms with Crippen LogP contribution in [0.25, 0.3) is 0 Å². The van der Waals surface area contributed by atoms with Gasteiger partial charge in [-0.05, 0) is 6.42 Å². The smallest absolute Gasteiger partial charge is 0.372 e. The fraction of sp³-hybridized carbons (Fsp3) is 0.368. The quantitative estimate of drug-likeness (QED) is 0.275. The molecule has 0 spiro atoms. The number of nitrogens with zero attached hydrogens (tertiary/aromatic N) is 2. The second-order valence-corrected chi connectivity index (χ2v) is 8.03. The van der Waals surface area contributed by atoms with Crippen molar-refractivity contribution >= 4 is 41.3 Å². The first-order chi connectivity index (χ1) is 14.3. The lowest BCUT2D eigenvalue weighted by Crippen LogP contribution is -2.68. The molecule has 1 saturated heterocycles. The van der Waals surface area contributed by atoms with Gasteiger partial charge in [-0.2, -0.15) is 0 Å². The molecule has 158 valence electrons. The molecule has 1 aromatic rings. The van der Waals surface area contributed by atoms with Crippen LogP contribution >= 0.6 is 11.8 Å². The first kappa shape index (κ1) is 21.5. The molecule has 11 heteroatoms. The normalized spacial score (nSPS) is 19.9. The van der Waals surface area contributed by atoms with Crippen molar-refractivity contribution < 1.29 is 38.8 Å². The minimum Gasteiger partial charge on any atom is -0.478 e. The van der Waals surface area contributed by atoms with Crippen molar-refractivity contribution in [3.05, 3.63) is 41.9 Å². The molecule has 1 aromatic heterocycles. The van der Waals surface area contributed by atoms with Crippen LogP contribution in [0.4, 0.5) is 0 Å². The molecular formula is C19H20N3O7S+. The largest absolute Gasteiger partial charge is 0.478 e. The van der Waals surface area contributed by atoms with Gasteiger partial charge < -0.3 is 20.4 Å². The first-order valence-corrected chi connectivity index (χ1v) is 10.2. The lowest BCUT2D eigenvalue weighted by Gasteiger charge is -2.47. The number of rotatable bonds is 9. The Kier molecular flexibility index (Phi) is 6.50. The van der Waals surface area contributed by atoms with Crippen LogP contribution in [-0.4, -0.2) is 61.8 Å². The van der Waals surface area contributed by atoms with Gasteiger partial charge in [0.15, 0.2) is 18.9 Å². The summed E-state index contributed by atoms with van der Waals surface area (Å²) >= 11 is 1.52. The second-order valence-electron chi connectivity index (χ2n) is 6.93. The number of thioether (sulfide) groups is 1. The van der Waals surface area contributed by atoms with Gasteiger partial charge in [0.25, 0.3) is 5.91 Å². The van der Waals surface area contributed by atoms with E-state index in [4.69, 9.17) is 10.2 Å². The van der Waals surface area contributed by atoms with E-state index in [1.807, 2.05) is 4.57 Å². The van der Waals surface area contributed by atoms with Gasteiger partial charge in [0, 0.05) is 42.5 Å². The molecule has 0 radical (unpaired) electrons. The molecule has 3 heterocycles. The molecule has 0 aliphatic carbocycles. The maximum Gasteiger partial charge on any atom is 0.372 e. The number of carbonyl (C=O) groups is 5.